The van der Waals surface area contributed by atoms with Gasteiger partial charge in [-0.15, -0.1) is 0 Å². The van der Waals surface area contributed by atoms with E-state index in [2.05, 4.69) is 4.72 Å². The van der Waals surface area contributed by atoms with Crippen molar-refractivity contribution in [3.05, 3.63) is 23.8 Å². The van der Waals surface area contributed by atoms with Gasteiger partial charge in [0.05, 0.1) is 17.8 Å². The second kappa shape index (κ2) is 5.71. The van der Waals surface area contributed by atoms with Gasteiger partial charge < -0.3 is 10.8 Å². The van der Waals surface area contributed by atoms with E-state index in [0.717, 1.165) is 19.3 Å². The molecule has 0 aromatic heterocycles. The number of benzene rings is 1. The lowest BCUT2D eigenvalue weighted by molar-refractivity contribution is 0.142. The van der Waals surface area contributed by atoms with Gasteiger partial charge in [0, 0.05) is 0 Å². The van der Waals surface area contributed by atoms with Crippen molar-refractivity contribution in [3.63, 3.8) is 0 Å². The van der Waals surface area contributed by atoms with Gasteiger partial charge in [-0.1, -0.05) is 31.4 Å². The predicted octanol–water partition coefficient (Wildman–Crippen LogP) is 1.55. The predicted molar refractivity (Wildman–Crippen MR) is 78.8 cm³/mol. The van der Waals surface area contributed by atoms with E-state index in [1.54, 1.807) is 25.1 Å². The fourth-order valence-corrected chi connectivity index (χ4v) is 4.71. The molecule has 0 atom stereocenters. The summed E-state index contributed by atoms with van der Waals surface area (Å²) in [6, 6.07) is 5.03. The van der Waals surface area contributed by atoms with E-state index < -0.39 is 15.6 Å². The molecular formula is C14H22N2O3S. The molecule has 0 heterocycles. The lowest BCUT2D eigenvalue weighted by Gasteiger charge is -2.36. The minimum Gasteiger partial charge on any atom is -0.398 e. The number of aliphatic hydroxyl groups excluding tert-OH is 1. The van der Waals surface area contributed by atoms with Gasteiger partial charge in [0.15, 0.2) is 0 Å². The van der Waals surface area contributed by atoms with Crippen molar-refractivity contribution in [2.24, 2.45) is 0 Å². The van der Waals surface area contributed by atoms with Crippen molar-refractivity contribution in [2.45, 2.75) is 49.5 Å². The molecule has 0 radical (unpaired) electrons. The average molecular weight is 298 g/mol. The van der Waals surface area contributed by atoms with E-state index in [1.165, 1.54) is 0 Å². The van der Waals surface area contributed by atoms with Gasteiger partial charge in [-0.3, -0.25) is 0 Å². The highest BCUT2D eigenvalue weighted by atomic mass is 32.2. The van der Waals surface area contributed by atoms with E-state index >= 15 is 0 Å². The van der Waals surface area contributed by atoms with Crippen LogP contribution in [0.1, 0.15) is 37.7 Å². The Balaban J connectivity index is 2.35. The Hall–Kier alpha value is -1.11. The number of nitrogen functional groups attached to an aromatic ring is 1. The largest absolute Gasteiger partial charge is 0.398 e. The van der Waals surface area contributed by atoms with E-state index in [-0.39, 0.29) is 17.2 Å². The van der Waals surface area contributed by atoms with Gasteiger partial charge in [-0.05, 0) is 31.4 Å². The summed E-state index contributed by atoms with van der Waals surface area (Å²) >= 11 is 0. The molecule has 1 aromatic rings. The van der Waals surface area contributed by atoms with Crippen molar-refractivity contribution in [1.82, 2.24) is 4.72 Å². The second-order valence-corrected chi connectivity index (χ2v) is 7.22. The Morgan fingerprint density at radius 3 is 2.50 bits per heavy atom. The van der Waals surface area contributed by atoms with Crippen molar-refractivity contribution in [3.8, 4) is 0 Å². The Kier molecular flexibility index (Phi) is 4.36. The van der Waals surface area contributed by atoms with Crippen LogP contribution in [-0.2, 0) is 10.0 Å². The average Bonchev–Trinajstić information content (AvgIpc) is 2.38. The van der Waals surface area contributed by atoms with Crippen LogP contribution in [-0.4, -0.2) is 25.7 Å². The summed E-state index contributed by atoms with van der Waals surface area (Å²) in [6.45, 7) is 1.54. The number of nitrogens with one attached hydrogen (secondary N) is 1. The molecule has 0 amide bonds. The summed E-state index contributed by atoms with van der Waals surface area (Å²) in [5, 5.41) is 9.63. The van der Waals surface area contributed by atoms with Crippen LogP contribution in [0.25, 0.3) is 0 Å². The molecule has 0 aliphatic heterocycles. The van der Waals surface area contributed by atoms with Crippen molar-refractivity contribution >= 4 is 15.7 Å². The van der Waals surface area contributed by atoms with E-state index in [0.29, 0.717) is 18.4 Å². The fraction of sp³-hybridized carbons (Fsp3) is 0.571. The number of sulfonamides is 1. The highest BCUT2D eigenvalue weighted by Gasteiger charge is 2.36. The molecule has 112 valence electrons. The first-order valence-corrected chi connectivity index (χ1v) is 8.38. The van der Waals surface area contributed by atoms with Crippen LogP contribution in [0, 0.1) is 6.92 Å². The zero-order chi connectivity index (χ0) is 14.8. The van der Waals surface area contributed by atoms with Crippen molar-refractivity contribution in [1.29, 1.82) is 0 Å². The summed E-state index contributed by atoms with van der Waals surface area (Å²) < 4.78 is 27.9. The van der Waals surface area contributed by atoms with E-state index in [1.807, 2.05) is 0 Å². The maximum atomic E-state index is 12.6. The number of nitrogens with two attached hydrogens (primary N) is 1. The van der Waals surface area contributed by atoms with Crippen LogP contribution in [0.2, 0.25) is 0 Å². The fourth-order valence-electron chi connectivity index (χ4n) is 2.90. The van der Waals surface area contributed by atoms with Gasteiger partial charge in [0.2, 0.25) is 10.0 Å². The van der Waals surface area contributed by atoms with Gasteiger partial charge in [-0.2, -0.15) is 0 Å². The highest BCUT2D eigenvalue weighted by molar-refractivity contribution is 7.89. The Morgan fingerprint density at radius 2 is 1.95 bits per heavy atom. The number of aryl methyl sites for hydroxylation is 1. The smallest absolute Gasteiger partial charge is 0.243 e. The molecule has 1 aliphatic carbocycles. The zero-order valence-electron chi connectivity index (χ0n) is 11.7. The number of hydrogen-bond acceptors (Lipinski definition) is 4. The molecule has 1 fully saturated rings. The molecule has 1 aromatic carbocycles. The van der Waals surface area contributed by atoms with Crippen molar-refractivity contribution < 1.29 is 13.5 Å². The van der Waals surface area contributed by atoms with Gasteiger partial charge in [-0.25, -0.2) is 13.1 Å². The molecule has 20 heavy (non-hydrogen) atoms. The number of hydrogen-bond donors (Lipinski definition) is 3. The normalized spacial score (nSPS) is 18.9. The molecule has 0 saturated heterocycles. The maximum Gasteiger partial charge on any atom is 0.243 e. The van der Waals surface area contributed by atoms with Crippen LogP contribution in [0.15, 0.2) is 23.1 Å². The Labute approximate surface area is 120 Å². The Morgan fingerprint density at radius 1 is 1.30 bits per heavy atom. The number of rotatable bonds is 4. The quantitative estimate of drug-likeness (QED) is 0.735. The molecule has 0 bridgehead atoms. The summed E-state index contributed by atoms with van der Waals surface area (Å²) in [7, 11) is -3.73. The standard InChI is InChI=1S/C14H22N2O3S/c1-11-6-5-7-12(15)13(11)20(18,19)16-14(10-17)8-3-2-4-9-14/h5-7,16-17H,2-4,8-10,15H2,1H3. The SMILES string of the molecule is Cc1cccc(N)c1S(=O)(=O)NC1(CO)CCCCC1. The minimum absolute atomic E-state index is 0.124. The lowest BCUT2D eigenvalue weighted by atomic mass is 9.83. The third kappa shape index (κ3) is 2.97. The molecule has 0 spiro atoms. The third-order valence-electron chi connectivity index (χ3n) is 3.98. The molecular weight excluding hydrogens is 276 g/mol. The molecule has 4 N–H and O–H groups in total. The minimum atomic E-state index is -3.73. The van der Waals surface area contributed by atoms with Crippen LogP contribution >= 0.6 is 0 Å². The van der Waals surface area contributed by atoms with E-state index in [9.17, 15) is 13.5 Å². The highest BCUT2D eigenvalue weighted by Crippen LogP contribution is 2.31. The molecule has 1 aliphatic rings. The summed E-state index contributed by atoms with van der Waals surface area (Å²) in [5.74, 6) is 0. The lowest BCUT2D eigenvalue weighted by Crippen LogP contribution is -2.52. The molecule has 0 unspecified atom stereocenters. The van der Waals surface area contributed by atoms with Crippen LogP contribution in [0.3, 0.4) is 0 Å². The van der Waals surface area contributed by atoms with Gasteiger partial charge >= 0.3 is 0 Å². The molecule has 2 rings (SSSR count). The topological polar surface area (TPSA) is 92.4 Å². The third-order valence-corrected chi connectivity index (χ3v) is 5.77. The van der Waals surface area contributed by atoms with E-state index in [4.69, 9.17) is 5.73 Å². The summed E-state index contributed by atoms with van der Waals surface area (Å²) in [4.78, 5) is 0.124. The number of aliphatic hydroxyl groups is 1. The molecule has 1 saturated carbocycles. The second-order valence-electron chi connectivity index (χ2n) is 5.60. The van der Waals surface area contributed by atoms with Gasteiger partial charge in [0.1, 0.15) is 4.90 Å². The van der Waals surface area contributed by atoms with Crippen LogP contribution in [0.5, 0.6) is 0 Å². The molecule has 5 nitrogen and oxygen atoms in total. The van der Waals surface area contributed by atoms with Gasteiger partial charge in [0.25, 0.3) is 0 Å². The summed E-state index contributed by atoms with van der Waals surface area (Å²) in [5.41, 5.74) is 5.92. The summed E-state index contributed by atoms with van der Waals surface area (Å²) in [6.07, 6.45) is 4.25. The van der Waals surface area contributed by atoms with Crippen LogP contribution < -0.4 is 10.5 Å². The van der Waals surface area contributed by atoms with Crippen LogP contribution in [0.4, 0.5) is 5.69 Å². The monoisotopic (exact) mass is 298 g/mol. The first kappa shape index (κ1) is 15.3. The Bertz CT molecular complexity index is 558. The molecule has 6 heteroatoms. The first-order chi connectivity index (χ1) is 9.40. The van der Waals surface area contributed by atoms with Crippen molar-refractivity contribution in [2.75, 3.05) is 12.3 Å². The number of anilines is 1. The maximum absolute atomic E-state index is 12.6. The first-order valence-electron chi connectivity index (χ1n) is 6.90. The zero-order valence-corrected chi connectivity index (χ0v) is 12.5.